The van der Waals surface area contributed by atoms with E-state index in [0.29, 0.717) is 23.0 Å². The molecule has 1 aliphatic heterocycles. The molecule has 1 N–H and O–H groups in total. The van der Waals surface area contributed by atoms with Gasteiger partial charge in [-0.1, -0.05) is 0 Å². The van der Waals surface area contributed by atoms with Crippen LogP contribution in [0.1, 0.15) is 36.0 Å². The van der Waals surface area contributed by atoms with E-state index in [9.17, 15) is 9.59 Å². The van der Waals surface area contributed by atoms with Crippen LogP contribution in [-0.4, -0.2) is 49.0 Å². The maximum Gasteiger partial charge on any atom is 0.268 e. The highest BCUT2D eigenvalue weighted by Crippen LogP contribution is 2.30. The second-order valence-corrected chi connectivity index (χ2v) is 7.98. The van der Waals surface area contributed by atoms with E-state index in [4.69, 9.17) is 9.47 Å². The average molecular weight is 412 g/mol. The molecule has 1 aromatic heterocycles. The smallest absolute Gasteiger partial charge is 0.268 e. The first-order valence-electron chi connectivity index (χ1n) is 10.4. The van der Waals surface area contributed by atoms with Crippen molar-refractivity contribution in [1.82, 2.24) is 15.1 Å². The van der Waals surface area contributed by atoms with Crippen LogP contribution in [0.4, 0.5) is 5.69 Å². The van der Waals surface area contributed by atoms with Crippen molar-refractivity contribution in [2.24, 2.45) is 5.92 Å². The largest absolute Gasteiger partial charge is 0.493 e. The summed E-state index contributed by atoms with van der Waals surface area (Å²) in [6, 6.07) is 6.91. The van der Waals surface area contributed by atoms with Gasteiger partial charge in [-0.15, -0.1) is 0 Å². The van der Waals surface area contributed by atoms with Crippen LogP contribution in [0.25, 0.3) is 0 Å². The number of rotatable bonds is 7. The molecule has 0 atom stereocenters. The number of piperidine rings is 1. The Morgan fingerprint density at radius 2 is 1.83 bits per heavy atom. The Labute approximate surface area is 175 Å². The first kappa shape index (κ1) is 20.3. The lowest BCUT2D eigenvalue weighted by molar-refractivity contribution is 0.0930. The van der Waals surface area contributed by atoms with Crippen molar-refractivity contribution in [3.8, 4) is 11.5 Å². The molecular weight excluding hydrogens is 384 g/mol. The second-order valence-electron chi connectivity index (χ2n) is 7.98. The fourth-order valence-electron chi connectivity index (χ4n) is 3.81. The van der Waals surface area contributed by atoms with Crippen molar-refractivity contribution in [3.05, 3.63) is 46.4 Å². The fraction of sp³-hybridized carbons (Fsp3) is 0.500. The number of nitrogens with one attached hydrogen (secondary N) is 1. The second kappa shape index (κ2) is 8.77. The van der Waals surface area contributed by atoms with E-state index in [0.717, 1.165) is 38.2 Å². The molecule has 160 valence electrons. The predicted molar refractivity (Wildman–Crippen MR) is 113 cm³/mol. The highest BCUT2D eigenvalue weighted by Gasteiger charge is 2.24. The van der Waals surface area contributed by atoms with Crippen molar-refractivity contribution in [2.45, 2.75) is 38.3 Å². The normalized spacial score (nSPS) is 16.9. The van der Waals surface area contributed by atoms with Crippen molar-refractivity contribution in [3.63, 3.8) is 0 Å². The Hall–Kier alpha value is -3.03. The Bertz CT molecular complexity index is 962. The van der Waals surface area contributed by atoms with Gasteiger partial charge in [-0.05, 0) is 49.8 Å². The highest BCUT2D eigenvalue weighted by molar-refractivity contribution is 5.95. The van der Waals surface area contributed by atoms with Gasteiger partial charge >= 0.3 is 0 Å². The molecule has 2 heterocycles. The van der Waals surface area contributed by atoms with E-state index in [1.165, 1.54) is 12.8 Å². The number of hydrogen-bond acceptors (Lipinski definition) is 6. The molecule has 1 saturated carbocycles. The summed E-state index contributed by atoms with van der Waals surface area (Å²) >= 11 is 0. The molecule has 0 radical (unpaired) electrons. The quantitative estimate of drug-likeness (QED) is 0.749. The van der Waals surface area contributed by atoms with Crippen molar-refractivity contribution in [2.75, 3.05) is 32.2 Å². The van der Waals surface area contributed by atoms with Crippen LogP contribution in [0.3, 0.4) is 0 Å². The minimum Gasteiger partial charge on any atom is -0.493 e. The summed E-state index contributed by atoms with van der Waals surface area (Å²) < 4.78 is 12.1. The summed E-state index contributed by atoms with van der Waals surface area (Å²) in [5.74, 6) is 1.61. The summed E-state index contributed by atoms with van der Waals surface area (Å²) in [5.41, 5.74) is 1.36. The molecule has 4 rings (SSSR count). The number of methoxy groups -OCH3 is 2. The molecular formula is C22H28N4O4. The number of amides is 1. The van der Waals surface area contributed by atoms with Crippen LogP contribution in [0.15, 0.2) is 35.3 Å². The molecule has 1 aromatic carbocycles. The fourth-order valence-corrected chi connectivity index (χ4v) is 3.81. The van der Waals surface area contributed by atoms with E-state index in [-0.39, 0.29) is 17.5 Å². The van der Waals surface area contributed by atoms with E-state index in [2.05, 4.69) is 15.3 Å². The summed E-state index contributed by atoms with van der Waals surface area (Å²) in [4.78, 5) is 27.1. The number of anilines is 1. The Morgan fingerprint density at radius 1 is 1.10 bits per heavy atom. The minimum atomic E-state index is -0.126. The predicted octanol–water partition coefficient (Wildman–Crippen LogP) is 2.07. The zero-order valence-corrected chi connectivity index (χ0v) is 17.5. The maximum absolute atomic E-state index is 12.6. The van der Waals surface area contributed by atoms with Crippen molar-refractivity contribution >= 4 is 11.6 Å². The molecule has 2 fully saturated rings. The molecule has 8 heteroatoms. The standard InChI is InChI=1S/C22H28N4O4/c1-29-19-6-5-16(11-20(19)30-2)22(28)24-17-7-9-25(10-8-17)18-12-21(27)26(23-13-18)14-15-3-4-15/h5-6,11-13,15,17H,3-4,7-10,14H2,1-2H3,(H,24,28). The molecule has 2 aromatic rings. The van der Waals surface area contributed by atoms with Gasteiger partial charge in [0.05, 0.1) is 26.1 Å². The first-order valence-corrected chi connectivity index (χ1v) is 10.4. The van der Waals surface area contributed by atoms with Crippen LogP contribution >= 0.6 is 0 Å². The van der Waals surface area contributed by atoms with Gasteiger partial charge in [-0.2, -0.15) is 5.10 Å². The van der Waals surface area contributed by atoms with Gasteiger partial charge in [0.25, 0.3) is 11.5 Å². The van der Waals surface area contributed by atoms with Gasteiger partial charge in [0.2, 0.25) is 0 Å². The van der Waals surface area contributed by atoms with Gasteiger partial charge in [0.1, 0.15) is 0 Å². The van der Waals surface area contributed by atoms with Crippen molar-refractivity contribution in [1.29, 1.82) is 0 Å². The van der Waals surface area contributed by atoms with Crippen LogP contribution < -0.4 is 25.2 Å². The van der Waals surface area contributed by atoms with Gasteiger partial charge < -0.3 is 19.7 Å². The lowest BCUT2D eigenvalue weighted by Gasteiger charge is -2.33. The summed E-state index contributed by atoms with van der Waals surface area (Å²) in [6.07, 6.45) is 5.79. The molecule has 30 heavy (non-hydrogen) atoms. The van der Waals surface area contributed by atoms with E-state index in [1.807, 2.05) is 0 Å². The molecule has 1 saturated heterocycles. The third-order valence-corrected chi connectivity index (χ3v) is 5.82. The third kappa shape index (κ3) is 4.58. The Kier molecular flexibility index (Phi) is 5.92. The molecule has 0 unspecified atom stereocenters. The van der Waals surface area contributed by atoms with Gasteiger partial charge in [0.15, 0.2) is 11.5 Å². The lowest BCUT2D eigenvalue weighted by Crippen LogP contribution is -2.45. The van der Waals surface area contributed by atoms with E-state index >= 15 is 0 Å². The molecule has 1 aliphatic carbocycles. The van der Waals surface area contributed by atoms with E-state index < -0.39 is 0 Å². The topological polar surface area (TPSA) is 85.7 Å². The van der Waals surface area contributed by atoms with Gasteiger partial charge in [-0.3, -0.25) is 9.59 Å². The molecule has 0 spiro atoms. The Morgan fingerprint density at radius 3 is 2.47 bits per heavy atom. The first-order chi connectivity index (χ1) is 14.6. The minimum absolute atomic E-state index is 0.0386. The number of benzene rings is 1. The number of ether oxygens (including phenoxy) is 2. The number of hydrogen-bond donors (Lipinski definition) is 1. The number of aromatic nitrogens is 2. The Balaban J connectivity index is 1.33. The summed E-state index contributed by atoms with van der Waals surface area (Å²) in [7, 11) is 3.12. The lowest BCUT2D eigenvalue weighted by atomic mass is 10.0. The van der Waals surface area contributed by atoms with Crippen LogP contribution in [0.5, 0.6) is 11.5 Å². The van der Waals surface area contributed by atoms with Crippen LogP contribution in [0.2, 0.25) is 0 Å². The summed E-state index contributed by atoms with van der Waals surface area (Å²) in [5, 5.41) is 7.44. The maximum atomic E-state index is 12.6. The molecule has 8 nitrogen and oxygen atoms in total. The molecule has 2 aliphatic rings. The zero-order chi connectivity index (χ0) is 21.1. The number of nitrogens with zero attached hydrogens (tertiary/aromatic N) is 3. The highest BCUT2D eigenvalue weighted by atomic mass is 16.5. The SMILES string of the molecule is COc1ccc(C(=O)NC2CCN(c3cnn(CC4CC4)c(=O)c3)CC2)cc1OC. The van der Waals surface area contributed by atoms with E-state index in [1.54, 1.807) is 49.4 Å². The van der Waals surface area contributed by atoms with Crippen LogP contribution in [-0.2, 0) is 6.54 Å². The average Bonchev–Trinajstić information content (AvgIpc) is 3.59. The molecule has 1 amide bonds. The monoisotopic (exact) mass is 412 g/mol. The molecule has 0 bridgehead atoms. The van der Waals surface area contributed by atoms with Gasteiger partial charge in [0, 0.05) is 37.3 Å². The van der Waals surface area contributed by atoms with Crippen molar-refractivity contribution < 1.29 is 14.3 Å². The summed E-state index contributed by atoms with van der Waals surface area (Å²) in [6.45, 7) is 2.26. The number of carbonyl (C=O) groups is 1. The van der Waals surface area contributed by atoms with Gasteiger partial charge in [-0.25, -0.2) is 4.68 Å². The third-order valence-electron chi connectivity index (χ3n) is 5.82. The van der Waals surface area contributed by atoms with Crippen LogP contribution in [0, 0.1) is 5.92 Å². The zero-order valence-electron chi connectivity index (χ0n) is 17.5. The number of carbonyl (C=O) groups excluding carboxylic acids is 1.